The van der Waals surface area contributed by atoms with Gasteiger partial charge in [-0.15, -0.1) is 11.3 Å². The Morgan fingerprint density at radius 1 is 1.16 bits per heavy atom. The molecule has 0 aliphatic carbocycles. The largest absolute Gasteiger partial charge is 0.465 e. The first kappa shape index (κ1) is 16.8. The van der Waals surface area contributed by atoms with Gasteiger partial charge < -0.3 is 9.47 Å². The highest BCUT2D eigenvalue weighted by molar-refractivity contribution is 7.13. The number of carbonyl (C=O) groups is 2. The Kier molecular flexibility index (Phi) is 4.90. The highest BCUT2D eigenvalue weighted by atomic mass is 32.1. The minimum Gasteiger partial charge on any atom is -0.465 e. The third kappa shape index (κ3) is 3.92. The number of aromatic nitrogens is 3. The standard InChI is InChI=1S/C17H15N3O4S/c1-20-8-13(7-18-20)15-19-14(10-25-15)9-24-17(22)12-5-3-11(4-6-12)16(21)23-2/h3-8,10H,9H2,1-2H3. The van der Waals surface area contributed by atoms with E-state index in [2.05, 4.69) is 14.8 Å². The number of carbonyl (C=O) groups excluding carboxylic acids is 2. The number of esters is 2. The molecule has 7 nitrogen and oxygen atoms in total. The summed E-state index contributed by atoms with van der Waals surface area (Å²) in [5.74, 6) is -0.933. The van der Waals surface area contributed by atoms with Crippen molar-refractivity contribution in [3.05, 3.63) is 58.9 Å². The summed E-state index contributed by atoms with van der Waals surface area (Å²) in [5, 5.41) is 6.77. The lowest BCUT2D eigenvalue weighted by atomic mass is 10.1. The molecule has 25 heavy (non-hydrogen) atoms. The van der Waals surface area contributed by atoms with E-state index in [0.29, 0.717) is 16.8 Å². The first-order valence-corrected chi connectivity index (χ1v) is 8.23. The van der Waals surface area contributed by atoms with Gasteiger partial charge in [0.1, 0.15) is 11.6 Å². The summed E-state index contributed by atoms with van der Waals surface area (Å²) in [7, 11) is 3.14. The van der Waals surface area contributed by atoms with Crippen molar-refractivity contribution in [1.29, 1.82) is 0 Å². The Balaban J connectivity index is 1.61. The Hall–Kier alpha value is -3.00. The van der Waals surface area contributed by atoms with Crippen LogP contribution in [0.2, 0.25) is 0 Å². The Bertz CT molecular complexity index is 899. The van der Waals surface area contributed by atoms with Gasteiger partial charge in [0.15, 0.2) is 0 Å². The molecule has 3 rings (SSSR count). The minimum atomic E-state index is -0.479. The van der Waals surface area contributed by atoms with Gasteiger partial charge in [0.2, 0.25) is 0 Å². The highest BCUT2D eigenvalue weighted by Gasteiger charge is 2.12. The van der Waals surface area contributed by atoms with Gasteiger partial charge in [-0.1, -0.05) is 0 Å². The second-order valence-electron chi connectivity index (χ2n) is 5.19. The molecule has 0 spiro atoms. The third-order valence-electron chi connectivity index (χ3n) is 3.40. The fourth-order valence-electron chi connectivity index (χ4n) is 2.12. The normalized spacial score (nSPS) is 10.5. The zero-order chi connectivity index (χ0) is 17.8. The molecule has 0 radical (unpaired) electrons. The van der Waals surface area contributed by atoms with Gasteiger partial charge in [0, 0.05) is 24.2 Å². The van der Waals surface area contributed by atoms with E-state index in [1.54, 1.807) is 10.9 Å². The van der Waals surface area contributed by atoms with Crippen molar-refractivity contribution in [3.8, 4) is 10.6 Å². The lowest BCUT2D eigenvalue weighted by molar-refractivity contribution is 0.0467. The number of thiazole rings is 1. The predicted octanol–water partition coefficient (Wildman–Crippen LogP) is 2.69. The van der Waals surface area contributed by atoms with E-state index in [1.807, 2.05) is 18.6 Å². The predicted molar refractivity (Wildman–Crippen MR) is 91.2 cm³/mol. The molecule has 0 saturated carbocycles. The average Bonchev–Trinajstić information content (AvgIpc) is 3.28. The molecule has 128 valence electrons. The van der Waals surface area contributed by atoms with Crippen molar-refractivity contribution >= 4 is 23.3 Å². The number of ether oxygens (including phenoxy) is 2. The van der Waals surface area contributed by atoms with Crippen LogP contribution in [0.5, 0.6) is 0 Å². The maximum Gasteiger partial charge on any atom is 0.338 e. The van der Waals surface area contributed by atoms with Crippen molar-refractivity contribution in [2.75, 3.05) is 7.11 Å². The highest BCUT2D eigenvalue weighted by Crippen LogP contribution is 2.23. The van der Waals surface area contributed by atoms with Crippen LogP contribution in [0.4, 0.5) is 0 Å². The van der Waals surface area contributed by atoms with E-state index < -0.39 is 11.9 Å². The van der Waals surface area contributed by atoms with Gasteiger partial charge in [-0.2, -0.15) is 5.10 Å². The molecule has 2 aromatic heterocycles. The van der Waals surface area contributed by atoms with Gasteiger partial charge in [-0.25, -0.2) is 14.6 Å². The maximum absolute atomic E-state index is 12.1. The maximum atomic E-state index is 12.1. The monoisotopic (exact) mass is 357 g/mol. The van der Waals surface area contributed by atoms with E-state index in [-0.39, 0.29) is 6.61 Å². The Morgan fingerprint density at radius 2 is 1.84 bits per heavy atom. The van der Waals surface area contributed by atoms with Gasteiger partial charge in [0.25, 0.3) is 0 Å². The van der Waals surface area contributed by atoms with Crippen LogP contribution in [0.3, 0.4) is 0 Å². The molecule has 8 heteroatoms. The molecule has 0 N–H and O–H groups in total. The molecule has 0 unspecified atom stereocenters. The van der Waals surface area contributed by atoms with Crippen molar-refractivity contribution in [3.63, 3.8) is 0 Å². The summed E-state index contributed by atoms with van der Waals surface area (Å²) in [4.78, 5) is 27.9. The molecule has 3 aromatic rings. The summed E-state index contributed by atoms with van der Waals surface area (Å²) >= 11 is 1.46. The van der Waals surface area contributed by atoms with Gasteiger partial charge in [-0.3, -0.25) is 4.68 Å². The molecule has 0 amide bonds. The van der Waals surface area contributed by atoms with Gasteiger partial charge in [0.05, 0.1) is 30.1 Å². The van der Waals surface area contributed by atoms with Crippen molar-refractivity contribution in [1.82, 2.24) is 14.8 Å². The van der Waals surface area contributed by atoms with E-state index in [4.69, 9.17) is 4.74 Å². The number of hydrogen-bond acceptors (Lipinski definition) is 7. The second kappa shape index (κ2) is 7.27. The summed E-state index contributed by atoms with van der Waals surface area (Å²) < 4.78 is 11.6. The molecule has 0 bridgehead atoms. The molecule has 0 saturated heterocycles. The van der Waals surface area contributed by atoms with E-state index in [0.717, 1.165) is 10.6 Å². The molecule has 1 aromatic carbocycles. The molecule has 0 fully saturated rings. The van der Waals surface area contributed by atoms with E-state index in [9.17, 15) is 9.59 Å². The lowest BCUT2D eigenvalue weighted by Crippen LogP contribution is -2.07. The van der Waals surface area contributed by atoms with E-state index in [1.165, 1.54) is 42.7 Å². The molecular formula is C17H15N3O4S. The average molecular weight is 357 g/mol. The van der Waals surface area contributed by atoms with Crippen LogP contribution in [-0.2, 0) is 23.1 Å². The fraction of sp³-hybridized carbons (Fsp3) is 0.176. The SMILES string of the molecule is COC(=O)c1ccc(C(=O)OCc2csc(-c3cnn(C)c3)n2)cc1. The van der Waals surface area contributed by atoms with Crippen LogP contribution >= 0.6 is 11.3 Å². The van der Waals surface area contributed by atoms with Crippen molar-refractivity contribution in [2.24, 2.45) is 7.05 Å². The van der Waals surface area contributed by atoms with Crippen LogP contribution < -0.4 is 0 Å². The number of rotatable bonds is 5. The van der Waals surface area contributed by atoms with E-state index >= 15 is 0 Å². The summed E-state index contributed by atoms with van der Waals surface area (Å²) in [6.07, 6.45) is 3.61. The quantitative estimate of drug-likeness (QED) is 0.653. The smallest absolute Gasteiger partial charge is 0.338 e. The summed E-state index contributed by atoms with van der Waals surface area (Å²) in [6, 6.07) is 6.09. The summed E-state index contributed by atoms with van der Waals surface area (Å²) in [5.41, 5.74) is 2.32. The molecule has 0 aliphatic heterocycles. The zero-order valence-corrected chi connectivity index (χ0v) is 14.4. The first-order valence-electron chi connectivity index (χ1n) is 7.36. The lowest BCUT2D eigenvalue weighted by Gasteiger charge is -2.04. The van der Waals surface area contributed by atoms with Crippen molar-refractivity contribution < 1.29 is 19.1 Å². The van der Waals surface area contributed by atoms with Crippen molar-refractivity contribution in [2.45, 2.75) is 6.61 Å². The number of methoxy groups -OCH3 is 1. The van der Waals surface area contributed by atoms with Crippen LogP contribution in [-0.4, -0.2) is 33.8 Å². The minimum absolute atomic E-state index is 0.0777. The van der Waals surface area contributed by atoms with Crippen LogP contribution in [0, 0.1) is 0 Å². The van der Waals surface area contributed by atoms with Crippen LogP contribution in [0.1, 0.15) is 26.4 Å². The first-order chi connectivity index (χ1) is 12.1. The topological polar surface area (TPSA) is 83.3 Å². The Morgan fingerprint density at radius 3 is 2.44 bits per heavy atom. The number of nitrogens with zero attached hydrogens (tertiary/aromatic N) is 3. The summed E-state index contributed by atoms with van der Waals surface area (Å²) in [6.45, 7) is 0.0777. The van der Waals surface area contributed by atoms with Gasteiger partial charge in [-0.05, 0) is 24.3 Å². The van der Waals surface area contributed by atoms with Crippen LogP contribution in [0.15, 0.2) is 42.0 Å². The third-order valence-corrected chi connectivity index (χ3v) is 4.34. The number of hydrogen-bond donors (Lipinski definition) is 0. The number of aryl methyl sites for hydroxylation is 1. The Labute approximate surface area is 147 Å². The second-order valence-corrected chi connectivity index (χ2v) is 6.05. The molecule has 2 heterocycles. The molecule has 0 aliphatic rings. The van der Waals surface area contributed by atoms with Crippen LogP contribution in [0.25, 0.3) is 10.6 Å². The molecule has 0 atom stereocenters. The number of benzene rings is 1. The zero-order valence-electron chi connectivity index (χ0n) is 13.6. The van der Waals surface area contributed by atoms with Gasteiger partial charge >= 0.3 is 11.9 Å². The molecular weight excluding hydrogens is 342 g/mol. The fourth-order valence-corrected chi connectivity index (χ4v) is 2.90.